The Morgan fingerprint density at radius 1 is 1.18 bits per heavy atom. The van der Waals surface area contributed by atoms with Crippen LogP contribution in [0.5, 0.6) is 0 Å². The third-order valence-corrected chi connectivity index (χ3v) is 4.72. The summed E-state index contributed by atoms with van der Waals surface area (Å²) in [4.78, 5) is 12.5. The molecule has 0 fully saturated rings. The zero-order valence-corrected chi connectivity index (χ0v) is 17.7. The van der Waals surface area contributed by atoms with Gasteiger partial charge in [0.15, 0.2) is 5.69 Å². The molecule has 0 bridgehead atoms. The molecule has 6 nitrogen and oxygen atoms in total. The Bertz CT molecular complexity index is 951. The first kappa shape index (κ1) is 20.2. The first-order chi connectivity index (χ1) is 13.4. The lowest BCUT2D eigenvalue weighted by Crippen LogP contribution is -2.24. The summed E-state index contributed by atoms with van der Waals surface area (Å²) in [5.74, 6) is -0.244. The first-order valence-corrected chi connectivity index (χ1v) is 9.89. The Morgan fingerprint density at radius 2 is 1.89 bits per heavy atom. The number of rotatable bonds is 7. The Balaban J connectivity index is 1.62. The van der Waals surface area contributed by atoms with E-state index in [0.29, 0.717) is 24.5 Å². The third-order valence-electron chi connectivity index (χ3n) is 4.22. The van der Waals surface area contributed by atoms with Gasteiger partial charge in [0.25, 0.3) is 5.91 Å². The molecule has 1 heterocycles. The van der Waals surface area contributed by atoms with Crippen LogP contribution in [0.15, 0.2) is 53.0 Å². The number of nitrogens with zero attached hydrogens (tertiary/aromatic N) is 3. The largest absolute Gasteiger partial charge is 0.374 e. The minimum atomic E-state index is -0.244. The molecule has 0 aliphatic heterocycles. The second-order valence-corrected chi connectivity index (χ2v) is 7.69. The highest BCUT2D eigenvalue weighted by Gasteiger charge is 2.17. The Labute approximate surface area is 173 Å². The average molecular weight is 443 g/mol. The summed E-state index contributed by atoms with van der Waals surface area (Å²) in [5.41, 5.74) is 3.98. The second kappa shape index (κ2) is 9.12. The van der Waals surface area contributed by atoms with Gasteiger partial charge in [0, 0.05) is 11.0 Å². The number of hydrogen-bond donors (Lipinski definition) is 1. The van der Waals surface area contributed by atoms with Gasteiger partial charge in [-0.1, -0.05) is 51.5 Å². The minimum absolute atomic E-state index is 0.201. The molecule has 2 aromatic carbocycles. The smallest absolute Gasteiger partial charge is 0.274 e. The molecular weight excluding hydrogens is 420 g/mol. The van der Waals surface area contributed by atoms with Gasteiger partial charge in [0.05, 0.1) is 24.1 Å². The number of nitrogens with one attached hydrogen (secondary N) is 1. The maximum Gasteiger partial charge on any atom is 0.274 e. The highest BCUT2D eigenvalue weighted by atomic mass is 79.9. The number of carbonyl (C=O) groups is 1. The van der Waals surface area contributed by atoms with E-state index in [1.54, 1.807) is 4.68 Å². The van der Waals surface area contributed by atoms with Gasteiger partial charge < -0.3 is 10.1 Å². The Hall–Kier alpha value is -2.51. The molecule has 1 amide bonds. The highest BCUT2D eigenvalue weighted by molar-refractivity contribution is 9.10. The van der Waals surface area contributed by atoms with E-state index in [-0.39, 0.29) is 12.0 Å². The zero-order valence-electron chi connectivity index (χ0n) is 16.1. The lowest BCUT2D eigenvalue weighted by atomic mass is 10.1. The van der Waals surface area contributed by atoms with Gasteiger partial charge in [0.1, 0.15) is 0 Å². The summed E-state index contributed by atoms with van der Waals surface area (Å²) in [5, 5.41) is 11.1. The van der Waals surface area contributed by atoms with Gasteiger partial charge in [-0.2, -0.15) is 0 Å². The van der Waals surface area contributed by atoms with Crippen LogP contribution in [0.4, 0.5) is 0 Å². The molecule has 1 aromatic heterocycles. The quantitative estimate of drug-likeness (QED) is 0.595. The third kappa shape index (κ3) is 5.05. The predicted octanol–water partition coefficient (Wildman–Crippen LogP) is 4.19. The first-order valence-electron chi connectivity index (χ1n) is 9.10. The normalized spacial score (nSPS) is 11.0. The Morgan fingerprint density at radius 3 is 2.57 bits per heavy atom. The van der Waals surface area contributed by atoms with E-state index < -0.39 is 0 Å². The summed E-state index contributed by atoms with van der Waals surface area (Å²) in [6.45, 7) is 6.87. The molecule has 1 N–H and O–H groups in total. The van der Waals surface area contributed by atoms with Gasteiger partial charge in [-0.3, -0.25) is 4.79 Å². The maximum absolute atomic E-state index is 12.5. The van der Waals surface area contributed by atoms with Crippen molar-refractivity contribution in [1.29, 1.82) is 0 Å². The van der Waals surface area contributed by atoms with Crippen LogP contribution < -0.4 is 5.32 Å². The number of aromatic nitrogens is 3. The second-order valence-electron chi connectivity index (χ2n) is 6.77. The van der Waals surface area contributed by atoms with Gasteiger partial charge in [-0.05, 0) is 50.1 Å². The lowest BCUT2D eigenvalue weighted by Gasteiger charge is -2.09. The number of hydrogen-bond acceptors (Lipinski definition) is 4. The molecule has 0 saturated heterocycles. The van der Waals surface area contributed by atoms with Crippen LogP contribution in [0.1, 0.15) is 41.2 Å². The molecule has 0 spiro atoms. The molecule has 0 radical (unpaired) electrons. The number of ether oxygens (including phenoxy) is 1. The number of benzene rings is 2. The molecule has 0 unspecified atom stereocenters. The van der Waals surface area contributed by atoms with E-state index in [0.717, 1.165) is 21.3 Å². The van der Waals surface area contributed by atoms with Crippen molar-refractivity contribution in [2.45, 2.75) is 40.0 Å². The van der Waals surface area contributed by atoms with Crippen molar-refractivity contribution in [2.75, 3.05) is 0 Å². The summed E-state index contributed by atoms with van der Waals surface area (Å²) >= 11 is 3.44. The predicted molar refractivity (Wildman–Crippen MR) is 111 cm³/mol. The average Bonchev–Trinajstić information content (AvgIpc) is 3.06. The highest BCUT2D eigenvalue weighted by Crippen LogP contribution is 2.17. The molecule has 7 heteroatoms. The molecule has 0 aliphatic rings. The van der Waals surface area contributed by atoms with Crippen molar-refractivity contribution in [3.63, 3.8) is 0 Å². The zero-order chi connectivity index (χ0) is 20.1. The fourth-order valence-electron chi connectivity index (χ4n) is 2.67. The molecule has 3 rings (SSSR count). The molecule has 28 heavy (non-hydrogen) atoms. The van der Waals surface area contributed by atoms with E-state index in [2.05, 4.69) is 31.6 Å². The van der Waals surface area contributed by atoms with Crippen molar-refractivity contribution in [2.24, 2.45) is 0 Å². The number of amides is 1. The summed E-state index contributed by atoms with van der Waals surface area (Å²) in [6, 6.07) is 15.7. The molecule has 3 aromatic rings. The summed E-state index contributed by atoms with van der Waals surface area (Å²) in [6.07, 6.45) is 0.201. The van der Waals surface area contributed by atoms with Crippen molar-refractivity contribution < 1.29 is 9.53 Å². The fourth-order valence-corrected chi connectivity index (χ4v) is 3.06. The number of halogens is 1. The van der Waals surface area contributed by atoms with Crippen LogP contribution >= 0.6 is 15.9 Å². The van der Waals surface area contributed by atoms with Crippen molar-refractivity contribution >= 4 is 21.8 Å². The van der Waals surface area contributed by atoms with Gasteiger partial charge in [-0.15, -0.1) is 5.10 Å². The van der Waals surface area contributed by atoms with Crippen LogP contribution in [0.2, 0.25) is 0 Å². The van der Waals surface area contributed by atoms with Crippen molar-refractivity contribution in [3.05, 3.63) is 75.5 Å². The fraction of sp³-hybridized carbons (Fsp3) is 0.286. The molecule has 146 valence electrons. The van der Waals surface area contributed by atoms with Crippen LogP contribution in [0, 0.1) is 6.92 Å². The van der Waals surface area contributed by atoms with E-state index in [9.17, 15) is 4.79 Å². The van der Waals surface area contributed by atoms with Gasteiger partial charge >= 0.3 is 0 Å². The van der Waals surface area contributed by atoms with Crippen molar-refractivity contribution in [3.8, 4) is 5.69 Å². The number of carbonyl (C=O) groups excluding carboxylic acids is 1. The molecular formula is C21H23BrN4O2. The van der Waals surface area contributed by atoms with Crippen molar-refractivity contribution in [1.82, 2.24) is 20.3 Å². The van der Waals surface area contributed by atoms with E-state index in [1.165, 1.54) is 0 Å². The Kier molecular flexibility index (Phi) is 6.59. The van der Waals surface area contributed by atoms with E-state index in [4.69, 9.17) is 4.74 Å². The van der Waals surface area contributed by atoms with Gasteiger partial charge in [-0.25, -0.2) is 4.68 Å². The van der Waals surface area contributed by atoms with Crippen LogP contribution in [0.3, 0.4) is 0 Å². The standard InChI is InChI=1S/C21H23BrN4O2/c1-14(2)28-13-17-9-7-16(8-10-17)12-23-21(27)20-15(3)26(25-24-20)19-6-4-5-18(22)11-19/h4-11,14H,12-13H2,1-3H3,(H,23,27). The lowest BCUT2D eigenvalue weighted by molar-refractivity contribution is 0.0657. The van der Waals surface area contributed by atoms with Crippen LogP contribution in [-0.4, -0.2) is 27.0 Å². The monoisotopic (exact) mass is 442 g/mol. The summed E-state index contributed by atoms with van der Waals surface area (Å²) in [7, 11) is 0. The van der Waals surface area contributed by atoms with Gasteiger partial charge in [0.2, 0.25) is 0 Å². The van der Waals surface area contributed by atoms with E-state index >= 15 is 0 Å². The molecule has 0 aliphatic carbocycles. The van der Waals surface area contributed by atoms with Crippen LogP contribution in [0.25, 0.3) is 5.69 Å². The van der Waals surface area contributed by atoms with Crippen LogP contribution in [-0.2, 0) is 17.9 Å². The molecule has 0 saturated carbocycles. The maximum atomic E-state index is 12.5. The SMILES string of the molecule is Cc1c(C(=O)NCc2ccc(COC(C)C)cc2)nnn1-c1cccc(Br)c1. The summed E-state index contributed by atoms with van der Waals surface area (Å²) < 4.78 is 8.19. The molecule has 0 atom stereocenters. The minimum Gasteiger partial charge on any atom is -0.374 e. The van der Waals surface area contributed by atoms with E-state index in [1.807, 2.05) is 69.3 Å². The topological polar surface area (TPSA) is 69.0 Å².